The van der Waals surface area contributed by atoms with E-state index in [4.69, 9.17) is 22.6 Å². The fraction of sp³-hybridized carbons (Fsp3) is 1.00. The molecule has 0 aromatic carbocycles. The Morgan fingerprint density at radius 1 is 1.10 bits per heavy atom. The zero-order valence-electron chi connectivity index (χ0n) is 6.07. The van der Waals surface area contributed by atoms with Crippen LogP contribution < -0.4 is 0 Å². The highest BCUT2D eigenvalue weighted by Crippen LogP contribution is 1.93. The molecule has 0 amide bonds. The van der Waals surface area contributed by atoms with Crippen molar-refractivity contribution >= 4 is 10.4 Å². The molecule has 0 heterocycles. The predicted octanol–water partition coefficient (Wildman–Crippen LogP) is 0.124. The SMILES string of the molecule is CC(C)(C)O.O=S(=O)(O)O. The fourth-order valence-corrected chi connectivity index (χ4v) is 0. The van der Waals surface area contributed by atoms with Gasteiger partial charge < -0.3 is 5.11 Å². The third kappa shape index (κ3) is 12600. The van der Waals surface area contributed by atoms with Gasteiger partial charge in [0, 0.05) is 0 Å². The van der Waals surface area contributed by atoms with E-state index in [9.17, 15) is 0 Å². The second-order valence-corrected chi connectivity index (χ2v) is 3.51. The largest absolute Gasteiger partial charge is 0.394 e. The van der Waals surface area contributed by atoms with Gasteiger partial charge in [0.25, 0.3) is 0 Å². The summed E-state index contributed by atoms with van der Waals surface area (Å²) in [4.78, 5) is 0. The number of rotatable bonds is 0. The summed E-state index contributed by atoms with van der Waals surface area (Å²) < 4.78 is 31.6. The summed E-state index contributed by atoms with van der Waals surface area (Å²) in [6.45, 7) is 5.23. The molecular formula is C4H12O5S. The first-order valence-corrected chi connectivity index (χ1v) is 3.82. The molecule has 6 heteroatoms. The normalized spacial score (nSPS) is 11.8. The molecule has 0 aromatic heterocycles. The van der Waals surface area contributed by atoms with Crippen LogP contribution in [0, 0.1) is 0 Å². The molecule has 0 atom stereocenters. The highest BCUT2D eigenvalue weighted by molar-refractivity contribution is 7.79. The van der Waals surface area contributed by atoms with Crippen LogP contribution in [0.15, 0.2) is 0 Å². The molecule has 0 aliphatic carbocycles. The van der Waals surface area contributed by atoms with E-state index < -0.39 is 16.0 Å². The first-order valence-electron chi connectivity index (χ1n) is 2.42. The summed E-state index contributed by atoms with van der Waals surface area (Å²) in [6.07, 6.45) is 0. The van der Waals surface area contributed by atoms with Crippen LogP contribution in [0.25, 0.3) is 0 Å². The molecule has 0 aromatic rings. The van der Waals surface area contributed by atoms with E-state index in [-0.39, 0.29) is 0 Å². The molecule has 64 valence electrons. The van der Waals surface area contributed by atoms with Gasteiger partial charge in [0.1, 0.15) is 0 Å². The van der Waals surface area contributed by atoms with Gasteiger partial charge in [0.2, 0.25) is 0 Å². The van der Waals surface area contributed by atoms with Gasteiger partial charge in [-0.2, -0.15) is 8.42 Å². The maximum Gasteiger partial charge on any atom is 0.394 e. The van der Waals surface area contributed by atoms with Gasteiger partial charge >= 0.3 is 10.4 Å². The standard InChI is InChI=1S/C4H10O.H2O4S/c1-4(2,3)5;1-5(2,3)4/h5H,1-3H3;(H2,1,2,3,4). The number of hydrogen-bond acceptors (Lipinski definition) is 3. The van der Waals surface area contributed by atoms with Gasteiger partial charge in [-0.15, -0.1) is 0 Å². The van der Waals surface area contributed by atoms with Crippen molar-refractivity contribution in [3.05, 3.63) is 0 Å². The van der Waals surface area contributed by atoms with E-state index in [0.717, 1.165) is 0 Å². The number of hydrogen-bond donors (Lipinski definition) is 3. The summed E-state index contributed by atoms with van der Waals surface area (Å²) >= 11 is 0. The van der Waals surface area contributed by atoms with Crippen LogP contribution >= 0.6 is 0 Å². The second kappa shape index (κ2) is 3.87. The van der Waals surface area contributed by atoms with Crippen molar-refractivity contribution in [1.29, 1.82) is 0 Å². The van der Waals surface area contributed by atoms with Gasteiger partial charge in [-0.1, -0.05) is 0 Å². The third-order valence-electron chi connectivity index (χ3n) is 0. The lowest BCUT2D eigenvalue weighted by atomic mass is 10.2. The molecule has 5 nitrogen and oxygen atoms in total. The minimum Gasteiger partial charge on any atom is -0.391 e. The average Bonchev–Trinajstić information content (AvgIpc) is 1.12. The molecule has 0 unspecified atom stereocenters. The van der Waals surface area contributed by atoms with Gasteiger partial charge in [-0.3, -0.25) is 9.11 Å². The van der Waals surface area contributed by atoms with Crippen molar-refractivity contribution in [2.75, 3.05) is 0 Å². The summed E-state index contributed by atoms with van der Waals surface area (Å²) in [5, 5.41) is 8.52. The third-order valence-corrected chi connectivity index (χ3v) is 0. The lowest BCUT2D eigenvalue weighted by Crippen LogP contribution is -2.10. The second-order valence-electron chi connectivity index (χ2n) is 2.62. The molecule has 0 saturated carbocycles. The van der Waals surface area contributed by atoms with Crippen molar-refractivity contribution in [3.8, 4) is 0 Å². The molecule has 0 rings (SSSR count). The van der Waals surface area contributed by atoms with Crippen LogP contribution in [0.1, 0.15) is 20.8 Å². The molecule has 10 heavy (non-hydrogen) atoms. The minimum atomic E-state index is -4.67. The predicted molar refractivity (Wildman–Crippen MR) is 36.1 cm³/mol. The van der Waals surface area contributed by atoms with Crippen LogP contribution in [0.5, 0.6) is 0 Å². The first-order chi connectivity index (χ1) is 4.00. The lowest BCUT2D eigenvalue weighted by Gasteiger charge is -2.04. The Morgan fingerprint density at radius 2 is 1.10 bits per heavy atom. The van der Waals surface area contributed by atoms with Gasteiger partial charge in [-0.05, 0) is 20.8 Å². The Hall–Kier alpha value is -0.170. The highest BCUT2D eigenvalue weighted by atomic mass is 32.3. The van der Waals surface area contributed by atoms with Crippen LogP contribution in [-0.4, -0.2) is 28.2 Å². The van der Waals surface area contributed by atoms with E-state index in [1.807, 2.05) is 0 Å². The number of aliphatic hydroxyl groups is 1. The molecule has 0 spiro atoms. The molecule has 0 saturated heterocycles. The maximum atomic E-state index is 8.74. The smallest absolute Gasteiger partial charge is 0.391 e. The fourth-order valence-electron chi connectivity index (χ4n) is 0. The summed E-state index contributed by atoms with van der Waals surface area (Å²) in [5.41, 5.74) is -0.500. The zero-order valence-corrected chi connectivity index (χ0v) is 6.88. The minimum absolute atomic E-state index is 0.500. The molecule has 0 radical (unpaired) electrons. The van der Waals surface area contributed by atoms with Crippen molar-refractivity contribution in [2.45, 2.75) is 26.4 Å². The highest BCUT2D eigenvalue weighted by Gasteiger charge is 1.97. The van der Waals surface area contributed by atoms with Crippen molar-refractivity contribution < 1.29 is 22.6 Å². The Morgan fingerprint density at radius 3 is 1.10 bits per heavy atom. The average molecular weight is 172 g/mol. The Labute approximate surface area is 60.3 Å². The summed E-state index contributed by atoms with van der Waals surface area (Å²) in [7, 11) is -4.67. The molecule has 0 bridgehead atoms. The van der Waals surface area contributed by atoms with Gasteiger partial charge in [0.15, 0.2) is 0 Å². The molecule has 3 N–H and O–H groups in total. The van der Waals surface area contributed by atoms with Crippen molar-refractivity contribution in [3.63, 3.8) is 0 Å². The zero-order chi connectivity index (χ0) is 9.00. The topological polar surface area (TPSA) is 94.8 Å². The molecule has 0 fully saturated rings. The first kappa shape index (κ1) is 12.5. The lowest BCUT2D eigenvalue weighted by molar-refractivity contribution is 0.102. The quantitative estimate of drug-likeness (QED) is 0.451. The van der Waals surface area contributed by atoms with Gasteiger partial charge in [-0.25, -0.2) is 0 Å². The van der Waals surface area contributed by atoms with E-state index in [1.54, 1.807) is 20.8 Å². The van der Waals surface area contributed by atoms with E-state index >= 15 is 0 Å². The molecule has 0 aliphatic heterocycles. The summed E-state index contributed by atoms with van der Waals surface area (Å²) in [6, 6.07) is 0. The van der Waals surface area contributed by atoms with E-state index in [2.05, 4.69) is 0 Å². The monoisotopic (exact) mass is 172 g/mol. The van der Waals surface area contributed by atoms with Gasteiger partial charge in [0.05, 0.1) is 5.60 Å². The van der Waals surface area contributed by atoms with Crippen molar-refractivity contribution in [2.24, 2.45) is 0 Å². The van der Waals surface area contributed by atoms with Crippen LogP contribution in [0.3, 0.4) is 0 Å². The molecule has 0 aliphatic rings. The van der Waals surface area contributed by atoms with Crippen LogP contribution in [0.4, 0.5) is 0 Å². The van der Waals surface area contributed by atoms with Crippen molar-refractivity contribution in [1.82, 2.24) is 0 Å². The Bertz CT molecular complexity index is 149. The maximum absolute atomic E-state index is 8.74. The van der Waals surface area contributed by atoms with Crippen LogP contribution in [-0.2, 0) is 10.4 Å². The van der Waals surface area contributed by atoms with E-state index in [0.29, 0.717) is 0 Å². The van der Waals surface area contributed by atoms with E-state index in [1.165, 1.54) is 0 Å². The summed E-state index contributed by atoms with van der Waals surface area (Å²) in [5.74, 6) is 0. The Balaban J connectivity index is 0. The van der Waals surface area contributed by atoms with Crippen LogP contribution in [0.2, 0.25) is 0 Å². The molecular weight excluding hydrogens is 160 g/mol. The Kier molecular flexibility index (Phi) is 4.84.